The second kappa shape index (κ2) is 5.54. The van der Waals surface area contributed by atoms with Crippen molar-refractivity contribution >= 4 is 26.0 Å². The monoisotopic (exact) mass is 345 g/mol. The number of nitrogens with zero attached hydrogens (tertiary/aromatic N) is 1. The molecule has 0 bridgehead atoms. The molecule has 0 radical (unpaired) electrons. The molecule has 0 aromatic heterocycles. The Bertz CT molecular complexity index is 571. The van der Waals surface area contributed by atoms with Crippen molar-refractivity contribution in [2.45, 2.75) is 36.9 Å². The minimum Gasteiger partial charge on any atom is -0.207 e. The third-order valence-corrected chi connectivity index (χ3v) is 7.10. The first-order chi connectivity index (χ1) is 8.82. The fourth-order valence-corrected chi connectivity index (χ4v) is 4.33. The van der Waals surface area contributed by atoms with E-state index < -0.39 is 10.0 Å². The van der Waals surface area contributed by atoms with E-state index >= 15 is 0 Å². The van der Waals surface area contributed by atoms with Crippen LogP contribution in [0.25, 0.3) is 0 Å². The molecule has 1 aromatic rings. The number of piperidine rings is 1. The summed E-state index contributed by atoms with van der Waals surface area (Å²) in [6, 6.07) is 5.36. The molecule has 0 spiro atoms. The molecule has 0 aliphatic carbocycles. The van der Waals surface area contributed by atoms with E-state index in [-0.39, 0.29) is 0 Å². The van der Waals surface area contributed by atoms with Gasteiger partial charge in [-0.05, 0) is 49.4 Å². The van der Waals surface area contributed by atoms with Crippen LogP contribution in [-0.2, 0) is 10.0 Å². The molecule has 3 nitrogen and oxygen atoms in total. The van der Waals surface area contributed by atoms with E-state index in [4.69, 9.17) is 0 Å². The molecule has 106 valence electrons. The molecule has 1 fully saturated rings. The van der Waals surface area contributed by atoms with E-state index in [1.54, 1.807) is 16.4 Å². The molecule has 2 atom stereocenters. The van der Waals surface area contributed by atoms with Gasteiger partial charge in [0.05, 0.1) is 4.90 Å². The van der Waals surface area contributed by atoms with Gasteiger partial charge in [-0.15, -0.1) is 0 Å². The lowest BCUT2D eigenvalue weighted by atomic mass is 10.0. The Morgan fingerprint density at radius 1 is 1.26 bits per heavy atom. The molecule has 1 aliphatic rings. The standard InChI is InChI=1S/C14H20BrNO2S/c1-10-4-5-13(8-11(10)2)19(17,18)16-7-6-14(15)12(3)9-16/h4-5,8,12,14H,6-7,9H2,1-3H3. The van der Waals surface area contributed by atoms with Gasteiger partial charge in [0.1, 0.15) is 0 Å². The first-order valence-electron chi connectivity index (χ1n) is 6.54. The van der Waals surface area contributed by atoms with E-state index in [1.165, 1.54) is 0 Å². The summed E-state index contributed by atoms with van der Waals surface area (Å²) < 4.78 is 26.8. The lowest BCUT2D eigenvalue weighted by molar-refractivity contribution is 0.292. The van der Waals surface area contributed by atoms with Crippen molar-refractivity contribution in [1.82, 2.24) is 4.31 Å². The minimum absolute atomic E-state index is 0.343. The van der Waals surface area contributed by atoms with Gasteiger partial charge in [-0.2, -0.15) is 4.31 Å². The number of sulfonamides is 1. The number of hydrogen-bond acceptors (Lipinski definition) is 2. The molecular weight excluding hydrogens is 326 g/mol. The number of alkyl halides is 1. The molecule has 1 aliphatic heterocycles. The molecule has 19 heavy (non-hydrogen) atoms. The fourth-order valence-electron chi connectivity index (χ4n) is 2.32. The van der Waals surface area contributed by atoms with Crippen molar-refractivity contribution in [2.24, 2.45) is 5.92 Å². The highest BCUT2D eigenvalue weighted by Crippen LogP contribution is 2.28. The number of halogens is 1. The lowest BCUT2D eigenvalue weighted by Crippen LogP contribution is -2.43. The highest BCUT2D eigenvalue weighted by Gasteiger charge is 2.32. The van der Waals surface area contributed by atoms with Crippen LogP contribution in [0.15, 0.2) is 23.1 Å². The van der Waals surface area contributed by atoms with Crippen LogP contribution in [0, 0.1) is 19.8 Å². The van der Waals surface area contributed by atoms with Crippen molar-refractivity contribution < 1.29 is 8.42 Å². The molecule has 1 heterocycles. The van der Waals surface area contributed by atoms with Gasteiger partial charge in [0, 0.05) is 17.9 Å². The summed E-state index contributed by atoms with van der Waals surface area (Å²) in [6.45, 7) is 7.20. The Morgan fingerprint density at radius 2 is 1.95 bits per heavy atom. The van der Waals surface area contributed by atoms with Gasteiger partial charge < -0.3 is 0 Å². The molecule has 2 rings (SSSR count). The van der Waals surface area contributed by atoms with Gasteiger partial charge in [0.15, 0.2) is 0 Å². The maximum absolute atomic E-state index is 12.6. The van der Waals surface area contributed by atoms with E-state index in [2.05, 4.69) is 22.9 Å². The van der Waals surface area contributed by atoms with Crippen LogP contribution in [0.4, 0.5) is 0 Å². The molecule has 1 aromatic carbocycles. The molecule has 0 N–H and O–H groups in total. The summed E-state index contributed by atoms with van der Waals surface area (Å²) in [7, 11) is -3.35. The lowest BCUT2D eigenvalue weighted by Gasteiger charge is -2.33. The van der Waals surface area contributed by atoms with Crippen molar-refractivity contribution in [3.8, 4) is 0 Å². The maximum Gasteiger partial charge on any atom is 0.243 e. The Hall–Kier alpha value is -0.390. The third kappa shape index (κ3) is 3.03. The smallest absolute Gasteiger partial charge is 0.207 e. The topological polar surface area (TPSA) is 37.4 Å². The van der Waals surface area contributed by atoms with Crippen LogP contribution in [0.5, 0.6) is 0 Å². The predicted octanol–water partition coefficient (Wildman–Crippen LogP) is 3.10. The van der Waals surface area contributed by atoms with Crippen LogP contribution >= 0.6 is 15.9 Å². The minimum atomic E-state index is -3.35. The number of benzene rings is 1. The normalized spacial score (nSPS) is 25.5. The van der Waals surface area contributed by atoms with E-state index in [0.29, 0.717) is 28.7 Å². The molecule has 1 saturated heterocycles. The zero-order valence-corrected chi connectivity index (χ0v) is 14.0. The van der Waals surface area contributed by atoms with Crippen molar-refractivity contribution in [3.05, 3.63) is 29.3 Å². The van der Waals surface area contributed by atoms with Gasteiger partial charge >= 0.3 is 0 Å². The summed E-state index contributed by atoms with van der Waals surface area (Å²) in [6.07, 6.45) is 0.866. The van der Waals surface area contributed by atoms with Crippen LogP contribution in [0.2, 0.25) is 0 Å². The second-order valence-electron chi connectivity index (χ2n) is 5.39. The van der Waals surface area contributed by atoms with Gasteiger partial charge in [-0.25, -0.2) is 8.42 Å². The SMILES string of the molecule is Cc1ccc(S(=O)(=O)N2CCC(Br)C(C)C2)cc1C. The average molecular weight is 346 g/mol. The summed E-state index contributed by atoms with van der Waals surface area (Å²) in [5, 5.41) is 0. The predicted molar refractivity (Wildman–Crippen MR) is 81.2 cm³/mol. The molecule has 0 amide bonds. The Balaban J connectivity index is 2.29. The zero-order valence-electron chi connectivity index (χ0n) is 11.6. The zero-order chi connectivity index (χ0) is 14.2. The van der Waals surface area contributed by atoms with Crippen LogP contribution in [-0.4, -0.2) is 30.6 Å². The first kappa shape index (κ1) is 15.0. The molecule has 5 heteroatoms. The highest BCUT2D eigenvalue weighted by molar-refractivity contribution is 9.09. The number of aryl methyl sites for hydroxylation is 2. The van der Waals surface area contributed by atoms with Crippen molar-refractivity contribution in [3.63, 3.8) is 0 Å². The van der Waals surface area contributed by atoms with Crippen LogP contribution in [0.1, 0.15) is 24.5 Å². The van der Waals surface area contributed by atoms with Crippen molar-refractivity contribution in [2.75, 3.05) is 13.1 Å². The Morgan fingerprint density at radius 3 is 2.53 bits per heavy atom. The second-order valence-corrected chi connectivity index (χ2v) is 8.51. The maximum atomic E-state index is 12.6. The molecule has 2 unspecified atom stereocenters. The van der Waals surface area contributed by atoms with Crippen LogP contribution in [0.3, 0.4) is 0 Å². The van der Waals surface area contributed by atoms with Gasteiger partial charge in [0.25, 0.3) is 0 Å². The van der Waals surface area contributed by atoms with E-state index in [9.17, 15) is 8.42 Å². The van der Waals surface area contributed by atoms with Crippen molar-refractivity contribution in [1.29, 1.82) is 0 Å². The third-order valence-electron chi connectivity index (χ3n) is 3.88. The van der Waals surface area contributed by atoms with Crippen LogP contribution < -0.4 is 0 Å². The average Bonchev–Trinajstić information content (AvgIpc) is 2.35. The largest absolute Gasteiger partial charge is 0.243 e. The van der Waals surface area contributed by atoms with E-state index in [0.717, 1.165) is 17.5 Å². The summed E-state index contributed by atoms with van der Waals surface area (Å²) in [4.78, 5) is 0.828. The van der Waals surface area contributed by atoms with Gasteiger partial charge in [0.2, 0.25) is 10.0 Å². The number of rotatable bonds is 2. The van der Waals surface area contributed by atoms with Gasteiger partial charge in [-0.1, -0.05) is 28.9 Å². The first-order valence-corrected chi connectivity index (χ1v) is 8.89. The van der Waals surface area contributed by atoms with Gasteiger partial charge in [-0.3, -0.25) is 0 Å². The Labute approximate surface area is 124 Å². The summed E-state index contributed by atoms with van der Waals surface area (Å²) in [5.41, 5.74) is 2.14. The summed E-state index contributed by atoms with van der Waals surface area (Å²) in [5.74, 6) is 0.343. The molecular formula is C14H20BrNO2S. The van der Waals surface area contributed by atoms with E-state index in [1.807, 2.05) is 19.9 Å². The highest BCUT2D eigenvalue weighted by atomic mass is 79.9. The fraction of sp³-hybridized carbons (Fsp3) is 0.571. The summed E-state index contributed by atoms with van der Waals surface area (Å²) >= 11 is 3.60. The quantitative estimate of drug-likeness (QED) is 0.772. The Kier molecular flexibility index (Phi) is 4.38. The molecule has 0 saturated carbocycles. The number of hydrogen-bond donors (Lipinski definition) is 0.